The van der Waals surface area contributed by atoms with Crippen LogP contribution in [0.4, 0.5) is 0 Å². The van der Waals surface area contributed by atoms with E-state index in [1.165, 1.54) is 81.9 Å². The lowest BCUT2D eigenvalue weighted by molar-refractivity contribution is 0.669. The number of para-hydroxylation sites is 1. The van der Waals surface area contributed by atoms with Gasteiger partial charge in [0.2, 0.25) is 0 Å². The third-order valence-corrected chi connectivity index (χ3v) is 9.83. The molecule has 47 heavy (non-hydrogen) atoms. The maximum Gasteiger partial charge on any atom is 0.136 e. The number of benzene rings is 9. The summed E-state index contributed by atoms with van der Waals surface area (Å²) >= 11 is 0. The van der Waals surface area contributed by atoms with Crippen molar-refractivity contribution >= 4 is 65.0 Å². The largest absolute Gasteiger partial charge is 0.456 e. The normalized spacial score (nSPS) is 11.8. The van der Waals surface area contributed by atoms with Gasteiger partial charge in [-0.25, -0.2) is 0 Å². The minimum absolute atomic E-state index is 0.911. The number of rotatable bonds is 3. The van der Waals surface area contributed by atoms with E-state index >= 15 is 0 Å². The van der Waals surface area contributed by atoms with Crippen molar-refractivity contribution < 1.29 is 4.42 Å². The molecule has 0 aliphatic carbocycles. The van der Waals surface area contributed by atoms with Gasteiger partial charge in [0.05, 0.1) is 0 Å². The lowest BCUT2D eigenvalue weighted by atomic mass is 9.82. The van der Waals surface area contributed by atoms with E-state index in [9.17, 15) is 0 Å². The first kappa shape index (κ1) is 26.1. The molecule has 0 N–H and O–H groups in total. The highest BCUT2D eigenvalue weighted by Gasteiger charge is 2.23. The Morgan fingerprint density at radius 2 is 0.894 bits per heavy atom. The van der Waals surface area contributed by atoms with E-state index in [-0.39, 0.29) is 0 Å². The van der Waals surface area contributed by atoms with E-state index in [4.69, 9.17) is 4.42 Å². The molecule has 10 aromatic rings. The van der Waals surface area contributed by atoms with Crippen LogP contribution in [0.3, 0.4) is 0 Å². The lowest BCUT2D eigenvalue weighted by Crippen LogP contribution is -1.93. The molecule has 0 unspecified atom stereocenters. The van der Waals surface area contributed by atoms with Crippen molar-refractivity contribution in [3.05, 3.63) is 170 Å². The molecular weight excluding hydrogens is 569 g/mol. The van der Waals surface area contributed by atoms with Crippen LogP contribution in [0.15, 0.2) is 174 Å². The molecule has 0 aliphatic heterocycles. The first-order valence-electron chi connectivity index (χ1n) is 16.2. The Balaban J connectivity index is 1.38. The molecule has 0 bridgehead atoms. The van der Waals surface area contributed by atoms with Crippen LogP contribution in [0.1, 0.15) is 0 Å². The predicted octanol–water partition coefficient (Wildman–Crippen LogP) is 13.2. The van der Waals surface area contributed by atoms with E-state index in [1.54, 1.807) is 0 Å². The Morgan fingerprint density at radius 3 is 1.64 bits per heavy atom. The second-order valence-corrected chi connectivity index (χ2v) is 12.4. The SMILES string of the molecule is c1ccc(-c2ccc3cccc(-c4c5ccccc5c(-c5c6ccccc6cc6oc7ccccc7c56)c5ccccc45)c3c2)cc1. The van der Waals surface area contributed by atoms with E-state index < -0.39 is 0 Å². The minimum atomic E-state index is 0.911. The zero-order valence-corrected chi connectivity index (χ0v) is 25.6. The summed E-state index contributed by atoms with van der Waals surface area (Å²) in [5.74, 6) is 0. The van der Waals surface area contributed by atoms with Gasteiger partial charge < -0.3 is 4.42 Å². The van der Waals surface area contributed by atoms with Crippen LogP contribution in [0.2, 0.25) is 0 Å². The topological polar surface area (TPSA) is 13.1 Å². The fourth-order valence-electron chi connectivity index (χ4n) is 7.80. The molecule has 0 saturated carbocycles. The van der Waals surface area contributed by atoms with Crippen LogP contribution in [-0.4, -0.2) is 0 Å². The highest BCUT2D eigenvalue weighted by atomic mass is 16.3. The lowest BCUT2D eigenvalue weighted by Gasteiger charge is -2.20. The second kappa shape index (κ2) is 10.2. The van der Waals surface area contributed by atoms with Crippen molar-refractivity contribution in [3.8, 4) is 33.4 Å². The number of fused-ring (bicyclic) bond motifs is 7. The van der Waals surface area contributed by atoms with Gasteiger partial charge in [-0.1, -0.05) is 152 Å². The molecule has 0 fully saturated rings. The molecule has 218 valence electrons. The van der Waals surface area contributed by atoms with Gasteiger partial charge in [0.1, 0.15) is 11.2 Å². The minimum Gasteiger partial charge on any atom is -0.456 e. The summed E-state index contributed by atoms with van der Waals surface area (Å²) in [7, 11) is 0. The van der Waals surface area contributed by atoms with Gasteiger partial charge in [0, 0.05) is 16.3 Å². The molecule has 0 spiro atoms. The summed E-state index contributed by atoms with van der Waals surface area (Å²) in [6, 6.07) is 61.5. The number of furan rings is 1. The first-order chi connectivity index (χ1) is 23.3. The van der Waals surface area contributed by atoms with Gasteiger partial charge in [0.25, 0.3) is 0 Å². The van der Waals surface area contributed by atoms with Crippen molar-refractivity contribution in [2.45, 2.75) is 0 Å². The molecule has 1 nitrogen and oxygen atoms in total. The van der Waals surface area contributed by atoms with Gasteiger partial charge in [-0.15, -0.1) is 0 Å². The molecule has 1 heteroatoms. The molecule has 9 aromatic carbocycles. The number of hydrogen-bond acceptors (Lipinski definition) is 1. The molecule has 1 aromatic heterocycles. The zero-order chi connectivity index (χ0) is 30.9. The Labute approximate surface area is 271 Å². The van der Waals surface area contributed by atoms with Crippen LogP contribution in [0.25, 0.3) is 98.4 Å². The van der Waals surface area contributed by atoms with E-state index in [1.807, 2.05) is 0 Å². The smallest absolute Gasteiger partial charge is 0.136 e. The van der Waals surface area contributed by atoms with Crippen molar-refractivity contribution in [2.24, 2.45) is 0 Å². The highest BCUT2D eigenvalue weighted by Crippen LogP contribution is 2.50. The fourth-order valence-corrected chi connectivity index (χ4v) is 7.80. The summed E-state index contributed by atoms with van der Waals surface area (Å²) in [4.78, 5) is 0. The average molecular weight is 597 g/mol. The number of hydrogen-bond donors (Lipinski definition) is 0. The molecule has 1 heterocycles. The molecule has 10 rings (SSSR count). The standard InChI is InChI=1S/C46H28O/c1-2-13-29(14-3-1)31-26-25-30-16-12-23-38(40(30)27-31)43-34-18-6-8-20-36(34)44(37-21-9-7-19-35(37)43)46-33-17-5-4-15-32(33)28-42-45(46)39-22-10-11-24-41(39)47-42/h1-28H. The van der Waals surface area contributed by atoms with Crippen LogP contribution < -0.4 is 0 Å². The second-order valence-electron chi connectivity index (χ2n) is 12.4. The molecule has 0 saturated heterocycles. The van der Waals surface area contributed by atoms with Gasteiger partial charge in [-0.2, -0.15) is 0 Å². The molecule has 0 amide bonds. The van der Waals surface area contributed by atoms with Crippen molar-refractivity contribution in [2.75, 3.05) is 0 Å². The summed E-state index contributed by atoms with van der Waals surface area (Å²) in [6.07, 6.45) is 0. The maximum absolute atomic E-state index is 6.54. The summed E-state index contributed by atoms with van der Waals surface area (Å²) < 4.78 is 6.54. The van der Waals surface area contributed by atoms with E-state index in [0.29, 0.717) is 0 Å². The summed E-state index contributed by atoms with van der Waals surface area (Å²) in [6.45, 7) is 0. The maximum atomic E-state index is 6.54. The summed E-state index contributed by atoms with van der Waals surface area (Å²) in [5, 5.41) is 12.2. The monoisotopic (exact) mass is 596 g/mol. The van der Waals surface area contributed by atoms with Crippen LogP contribution in [0.5, 0.6) is 0 Å². The quantitative estimate of drug-likeness (QED) is 0.185. The molecule has 0 aliphatic rings. The van der Waals surface area contributed by atoms with Gasteiger partial charge in [-0.05, 0) is 89.1 Å². The third kappa shape index (κ3) is 3.90. The van der Waals surface area contributed by atoms with Crippen LogP contribution in [-0.2, 0) is 0 Å². The van der Waals surface area contributed by atoms with Crippen molar-refractivity contribution in [3.63, 3.8) is 0 Å². The van der Waals surface area contributed by atoms with Crippen molar-refractivity contribution in [1.82, 2.24) is 0 Å². The zero-order valence-electron chi connectivity index (χ0n) is 25.6. The van der Waals surface area contributed by atoms with E-state index in [2.05, 4.69) is 170 Å². The van der Waals surface area contributed by atoms with Gasteiger partial charge in [0.15, 0.2) is 0 Å². The third-order valence-electron chi connectivity index (χ3n) is 9.83. The Bertz CT molecular complexity index is 2780. The predicted molar refractivity (Wildman–Crippen MR) is 200 cm³/mol. The van der Waals surface area contributed by atoms with Gasteiger partial charge >= 0.3 is 0 Å². The Morgan fingerprint density at radius 1 is 0.298 bits per heavy atom. The first-order valence-corrected chi connectivity index (χ1v) is 16.2. The average Bonchev–Trinajstić information content (AvgIpc) is 3.51. The highest BCUT2D eigenvalue weighted by molar-refractivity contribution is 6.30. The molecule has 0 atom stereocenters. The molecule has 0 radical (unpaired) electrons. The fraction of sp³-hybridized carbons (Fsp3) is 0. The van der Waals surface area contributed by atoms with Crippen LogP contribution >= 0.6 is 0 Å². The van der Waals surface area contributed by atoms with Gasteiger partial charge in [-0.3, -0.25) is 0 Å². The summed E-state index contributed by atoms with van der Waals surface area (Å²) in [5.41, 5.74) is 9.27. The Hall–Kier alpha value is -6.18. The molecular formula is C46H28O. The van der Waals surface area contributed by atoms with E-state index in [0.717, 1.165) is 16.6 Å². The Kier molecular flexibility index (Phi) is 5.64. The van der Waals surface area contributed by atoms with Crippen LogP contribution in [0, 0.1) is 0 Å². The van der Waals surface area contributed by atoms with Crippen molar-refractivity contribution in [1.29, 1.82) is 0 Å².